The molecule has 738 valence electrons. The molecule has 16 heterocycles. The van der Waals surface area contributed by atoms with Crippen LogP contribution in [0, 0.1) is 17.8 Å². The average Bonchev–Trinajstić information content (AvgIpc) is 1.62. The Bertz CT molecular complexity index is 9130. The van der Waals surface area contributed by atoms with Crippen molar-refractivity contribution in [2.45, 2.75) is 103 Å². The maximum atomic E-state index is 12.8. The molecule has 2 amide bonds. The molecule has 12 N–H and O–H groups in total. The number of aromatic nitrogens is 20. The summed E-state index contributed by atoms with van der Waals surface area (Å²) in [5, 5.41) is 65.3. The molecule has 0 atom stereocenters. The van der Waals surface area contributed by atoms with Crippen LogP contribution in [0.25, 0.3) is 223 Å². The number of fused-ring (bicyclic) bond motifs is 8. The highest BCUT2D eigenvalue weighted by Crippen LogP contribution is 2.43. The van der Waals surface area contributed by atoms with E-state index in [0.717, 1.165) is 312 Å². The number of imidazole rings is 4. The van der Waals surface area contributed by atoms with Crippen molar-refractivity contribution in [3.05, 3.63) is 334 Å². The SMILES string of the molecule is O=C(Nc1cncc(-c2ccc3[nH]nc(-c4nc5c(-c6ccsc6)cccc5[nH]4)c3c2)c1)C1CCCC1.O=C(Nc1cncc(-c2ccc3[nH]nc(-c4nc5c(-c6ccsc6)cccc5[nH]4)c3c2)c1)C1CCCCC1.c1cc(-c2ccsc2)c2nc(-c3n[nH]c4ccc(-c5cncc(CNCC6CCCC6)c5)cc34)[nH]c2c1.c1ccc(CNCc2cncc(-c3ccc4[nH]nc(-c5nc6c(-c7ccsc7)cccc6[nH]5)c4c3)c2)cc1. The van der Waals surface area contributed by atoms with Gasteiger partial charge in [0.05, 0.1) is 90.0 Å². The Morgan fingerprint density at radius 2 is 0.600 bits per heavy atom. The maximum absolute atomic E-state index is 12.8. The number of nitrogens with one attached hydrogen (secondary N) is 12. The normalized spacial score (nSPS) is 13.5. The van der Waals surface area contributed by atoms with Crippen LogP contribution in [0.4, 0.5) is 11.4 Å². The topological polar surface area (TPSA) is 363 Å². The van der Waals surface area contributed by atoms with E-state index in [4.69, 9.17) is 19.9 Å². The summed E-state index contributed by atoms with van der Waals surface area (Å²) in [6.45, 7) is 3.52. The summed E-state index contributed by atoms with van der Waals surface area (Å²) in [4.78, 5) is 77.0. The van der Waals surface area contributed by atoms with Gasteiger partial charge in [-0.2, -0.15) is 65.7 Å². The Kier molecular flexibility index (Phi) is 26.6. The van der Waals surface area contributed by atoms with Crippen LogP contribution in [0.3, 0.4) is 0 Å². The van der Waals surface area contributed by atoms with Crippen molar-refractivity contribution in [2.24, 2.45) is 17.8 Å². The molecule has 0 aliphatic heterocycles. The molecule has 0 bridgehead atoms. The van der Waals surface area contributed by atoms with Crippen molar-refractivity contribution in [3.63, 3.8) is 0 Å². The van der Waals surface area contributed by atoms with E-state index >= 15 is 0 Å². The van der Waals surface area contributed by atoms with Crippen molar-refractivity contribution in [2.75, 3.05) is 17.2 Å². The standard InChI is InChI=1S/C31H24N6S.C30H26N6OS.C30H28N6S.C29H24N6OS/c1-2-5-20(6-3-1)15-32-16-21-13-24(18-33-17-21)22-9-10-27-26(14-22)30(37-36-27)31-34-28-8-4-7-25(29(28)35-31)23-11-12-38-19-23;37-30(18-5-2-1-3-6-18)32-22-13-21(15-31-16-22)19-9-10-25-24(14-19)28(36-35-25)29-33-26-8-4-7-23(27(26)34-29)20-11-12-38-17-20;1-2-5-19(4-1)14-31-15-20-12-23(17-32-16-20)21-8-9-26-25(13-21)29(36-35-26)30-33-27-7-3-6-24(28(27)34-30)22-10-11-37-18-22;36-29(17-4-1-2-5-17)31-21-12-20(14-30-15-21)18-8-9-24-23(13-18)27(35-34-24)28-32-25-7-3-6-22(26(25)33-28)19-10-11-37-16-19/h1-14,17-19,32H,15-16H2,(H,34,35)(H,36,37);4,7-18H,1-3,5-6H2,(H,32,37)(H,33,34)(H,35,36);3,6-13,16-19,31H,1-2,4-5,14-15H2,(H,33,34)(H,35,36);3,6-17H,1-2,4-5H2,(H,31,36)(H,32,33)(H,34,35). The number of carbonyl (C=O) groups is 2. The molecule has 26 nitrogen and oxygen atoms in total. The Morgan fingerprint density at radius 1 is 0.280 bits per heavy atom. The lowest BCUT2D eigenvalue weighted by Crippen LogP contribution is -2.24. The van der Waals surface area contributed by atoms with Crippen LogP contribution in [0.1, 0.15) is 100 Å². The van der Waals surface area contributed by atoms with Gasteiger partial charge < -0.3 is 41.2 Å². The number of rotatable bonds is 24. The average molecular weight is 2040 g/mol. The molecule has 16 aromatic heterocycles. The predicted molar refractivity (Wildman–Crippen MR) is 607 cm³/mol. The molecule has 0 unspecified atom stereocenters. The third kappa shape index (κ3) is 20.0. The Balaban J connectivity index is 0.000000104. The molecule has 0 radical (unpaired) electrons. The van der Waals surface area contributed by atoms with Crippen molar-refractivity contribution in [1.29, 1.82) is 0 Å². The van der Waals surface area contributed by atoms with E-state index in [2.05, 4.69) is 303 Å². The predicted octanol–water partition coefficient (Wildman–Crippen LogP) is 28.8. The molecule has 25 aromatic rings. The van der Waals surface area contributed by atoms with Gasteiger partial charge >= 0.3 is 0 Å². The molecule has 0 saturated heterocycles. The third-order valence-corrected chi connectivity index (χ3v) is 31.6. The summed E-state index contributed by atoms with van der Waals surface area (Å²) in [7, 11) is 0. The molecule has 3 aliphatic rings. The smallest absolute Gasteiger partial charge is 0.227 e. The molecule has 3 aliphatic carbocycles. The Morgan fingerprint density at radius 3 is 0.947 bits per heavy atom. The molecule has 3 saturated carbocycles. The third-order valence-electron chi connectivity index (χ3n) is 28.9. The first kappa shape index (κ1) is 94.0. The molecular weight excluding hydrogens is 1940 g/mol. The number of carbonyl (C=O) groups excluding carboxylic acids is 2. The number of hydrogen-bond acceptors (Lipinski definition) is 20. The quantitative estimate of drug-likeness (QED) is 0.0267. The van der Waals surface area contributed by atoms with E-state index in [1.165, 1.54) is 54.4 Å². The van der Waals surface area contributed by atoms with Crippen LogP contribution in [-0.2, 0) is 29.2 Å². The summed E-state index contributed by atoms with van der Waals surface area (Å²) >= 11 is 6.74. The van der Waals surface area contributed by atoms with Crippen molar-refractivity contribution < 1.29 is 9.59 Å². The number of pyridine rings is 4. The second-order valence-corrected chi connectivity index (χ2v) is 41.9. The first-order valence-corrected chi connectivity index (χ1v) is 54.7. The highest BCUT2D eigenvalue weighted by molar-refractivity contribution is 7.09. The highest BCUT2D eigenvalue weighted by Gasteiger charge is 2.28. The van der Waals surface area contributed by atoms with Gasteiger partial charge in [0.1, 0.15) is 22.8 Å². The van der Waals surface area contributed by atoms with Crippen molar-refractivity contribution >= 4 is 156 Å². The summed E-state index contributed by atoms with van der Waals surface area (Å²) in [5.74, 6) is 4.19. The lowest BCUT2D eigenvalue weighted by molar-refractivity contribution is -0.121. The highest BCUT2D eigenvalue weighted by atomic mass is 32.1. The van der Waals surface area contributed by atoms with Gasteiger partial charge in [0.25, 0.3) is 0 Å². The van der Waals surface area contributed by atoms with E-state index < -0.39 is 0 Å². The molecule has 0 spiro atoms. The zero-order chi connectivity index (χ0) is 100. The van der Waals surface area contributed by atoms with Crippen LogP contribution < -0.4 is 21.3 Å². The first-order valence-electron chi connectivity index (χ1n) is 50.9. The lowest BCUT2D eigenvalue weighted by atomic mass is 9.88. The monoisotopic (exact) mass is 2040 g/mol. The van der Waals surface area contributed by atoms with Crippen LogP contribution >= 0.6 is 45.3 Å². The Hall–Kier alpha value is -17.0. The first-order chi connectivity index (χ1) is 74.1. The number of amides is 2. The minimum atomic E-state index is 0.0933. The number of aromatic amines is 8. The van der Waals surface area contributed by atoms with Gasteiger partial charge in [0, 0.05) is 135 Å². The molecule has 150 heavy (non-hydrogen) atoms. The zero-order valence-electron chi connectivity index (χ0n) is 81.7. The van der Waals surface area contributed by atoms with Gasteiger partial charge in [-0.05, 0) is 277 Å². The maximum Gasteiger partial charge on any atom is 0.227 e. The minimum absolute atomic E-state index is 0.0933. The summed E-state index contributed by atoms with van der Waals surface area (Å²) < 4.78 is 0. The fourth-order valence-corrected chi connectivity index (χ4v) is 23.7. The number of benzene rings is 9. The van der Waals surface area contributed by atoms with Gasteiger partial charge in [-0.3, -0.25) is 49.9 Å². The van der Waals surface area contributed by atoms with Gasteiger partial charge in [-0.1, -0.05) is 148 Å². The molecule has 30 heteroatoms. The number of hydrogen-bond donors (Lipinski definition) is 12. The second-order valence-electron chi connectivity index (χ2n) is 38.8. The van der Waals surface area contributed by atoms with Gasteiger partial charge in [0.2, 0.25) is 11.8 Å². The van der Waals surface area contributed by atoms with Crippen molar-refractivity contribution in [3.8, 4) is 135 Å². The number of para-hydroxylation sites is 4. The number of anilines is 2. The fourth-order valence-electron chi connectivity index (χ4n) is 21.1. The van der Waals surface area contributed by atoms with Crippen molar-refractivity contribution in [1.82, 2.24) is 111 Å². The largest absolute Gasteiger partial charge is 0.337 e. The van der Waals surface area contributed by atoms with E-state index in [1.807, 2.05) is 104 Å². The van der Waals surface area contributed by atoms with E-state index in [1.54, 1.807) is 57.7 Å². The van der Waals surface area contributed by atoms with E-state index in [0.29, 0.717) is 0 Å². The van der Waals surface area contributed by atoms with Crippen LogP contribution in [-0.4, -0.2) is 119 Å². The van der Waals surface area contributed by atoms with Gasteiger partial charge in [0.15, 0.2) is 23.3 Å². The second kappa shape index (κ2) is 42.5. The number of H-pyrrole nitrogens is 8. The zero-order valence-corrected chi connectivity index (χ0v) is 84.9. The van der Waals surface area contributed by atoms with Crippen LogP contribution in [0.5, 0.6) is 0 Å². The molecule has 9 aromatic carbocycles. The summed E-state index contributed by atoms with van der Waals surface area (Å²) in [6.07, 6.45) is 29.9. The van der Waals surface area contributed by atoms with Gasteiger partial charge in [-0.15, -0.1) is 0 Å². The number of thiophene rings is 4. The minimum Gasteiger partial charge on any atom is -0.337 e. The Labute approximate surface area is 877 Å². The fraction of sp³-hybridized carbons (Fsp3) is 0.167. The van der Waals surface area contributed by atoms with E-state index in [-0.39, 0.29) is 23.7 Å². The lowest BCUT2D eigenvalue weighted by Gasteiger charge is -2.20. The summed E-state index contributed by atoms with van der Waals surface area (Å²) in [6, 6.07) is 77.3. The van der Waals surface area contributed by atoms with Gasteiger partial charge in [-0.25, -0.2) is 19.9 Å². The summed E-state index contributed by atoms with van der Waals surface area (Å²) in [5.41, 5.74) is 37.2. The molecular formula is C120H102N24O2S4. The van der Waals surface area contributed by atoms with E-state index in [9.17, 15) is 9.59 Å². The number of nitrogens with zero attached hydrogens (tertiary/aromatic N) is 12. The molecule has 3 fully saturated rings. The van der Waals surface area contributed by atoms with Crippen LogP contribution in [0.15, 0.2) is 317 Å². The van der Waals surface area contributed by atoms with Crippen LogP contribution in [0.2, 0.25) is 0 Å². The molecule has 28 rings (SSSR count).